The number of carbonyl (C=O) groups excluding carboxylic acids is 4. The third-order valence-electron chi connectivity index (χ3n) is 9.08. The number of hydrogen-bond acceptors (Lipinski definition) is 6. The van der Waals surface area contributed by atoms with E-state index in [1.165, 1.54) is 0 Å². The largest absolute Gasteiger partial charge is 0.444 e. The lowest BCUT2D eigenvalue weighted by molar-refractivity contribution is -0.134. The first-order valence-corrected chi connectivity index (χ1v) is 14.8. The highest BCUT2D eigenvalue weighted by Crippen LogP contribution is 2.51. The number of piperidine rings is 2. The fourth-order valence-electron chi connectivity index (χ4n) is 6.96. The van der Waals surface area contributed by atoms with Gasteiger partial charge in [-0.05, 0) is 81.5 Å². The average Bonchev–Trinajstić information content (AvgIpc) is 3.41. The van der Waals surface area contributed by atoms with Crippen molar-refractivity contribution < 1.29 is 23.9 Å². The SMILES string of the molecule is CC(C)(C)OC(=O)N1CCC(n2cc(Cc3ccc4c5c(cccc35)C(=O)N4C3CCC(=O)NC3=O)cn2)CC12CC2. The van der Waals surface area contributed by atoms with Gasteiger partial charge in [0.05, 0.1) is 17.9 Å². The number of hydrogen-bond donors (Lipinski definition) is 1. The molecule has 4 aliphatic rings. The predicted octanol–water partition coefficient (Wildman–Crippen LogP) is 4.50. The van der Waals surface area contributed by atoms with Gasteiger partial charge in [-0.3, -0.25) is 29.3 Å². The lowest BCUT2D eigenvalue weighted by Crippen LogP contribution is -2.53. The Morgan fingerprint density at radius 3 is 2.67 bits per heavy atom. The molecule has 10 heteroatoms. The molecule has 4 amide bonds. The van der Waals surface area contributed by atoms with Crippen LogP contribution in [0.15, 0.2) is 42.7 Å². The molecule has 1 spiro atoms. The Hall–Kier alpha value is -4.21. The Morgan fingerprint density at radius 2 is 1.93 bits per heavy atom. The van der Waals surface area contributed by atoms with Crippen LogP contribution < -0.4 is 10.2 Å². The molecule has 42 heavy (non-hydrogen) atoms. The quantitative estimate of drug-likeness (QED) is 0.463. The third-order valence-corrected chi connectivity index (χ3v) is 9.08. The van der Waals surface area contributed by atoms with E-state index in [-0.39, 0.29) is 35.9 Å². The van der Waals surface area contributed by atoms with Crippen molar-refractivity contribution in [2.45, 2.75) is 88.9 Å². The van der Waals surface area contributed by atoms with Gasteiger partial charge in [0, 0.05) is 42.1 Å². The summed E-state index contributed by atoms with van der Waals surface area (Å²) in [6.45, 7) is 6.35. The smallest absolute Gasteiger partial charge is 0.410 e. The highest BCUT2D eigenvalue weighted by molar-refractivity contribution is 6.27. The third kappa shape index (κ3) is 4.44. The van der Waals surface area contributed by atoms with E-state index < -0.39 is 17.6 Å². The number of benzene rings is 2. The molecule has 10 nitrogen and oxygen atoms in total. The number of aromatic nitrogens is 2. The van der Waals surface area contributed by atoms with Crippen molar-refractivity contribution in [2.75, 3.05) is 11.4 Å². The summed E-state index contributed by atoms with van der Waals surface area (Å²) in [6, 6.07) is 9.16. The summed E-state index contributed by atoms with van der Waals surface area (Å²) >= 11 is 0. The van der Waals surface area contributed by atoms with Crippen LogP contribution in [0, 0.1) is 0 Å². The summed E-state index contributed by atoms with van der Waals surface area (Å²) in [7, 11) is 0. The molecule has 1 N–H and O–H groups in total. The first-order chi connectivity index (χ1) is 20.0. The maximum atomic E-state index is 13.5. The zero-order valence-electron chi connectivity index (χ0n) is 24.2. The van der Waals surface area contributed by atoms with E-state index in [9.17, 15) is 19.2 Å². The minimum Gasteiger partial charge on any atom is -0.444 e. The second-order valence-corrected chi connectivity index (χ2v) is 13.1. The molecule has 1 saturated carbocycles. The van der Waals surface area contributed by atoms with Gasteiger partial charge in [0.1, 0.15) is 11.6 Å². The molecular formula is C32H35N5O5. The first-order valence-electron chi connectivity index (χ1n) is 14.8. The van der Waals surface area contributed by atoms with E-state index in [0.717, 1.165) is 47.6 Å². The van der Waals surface area contributed by atoms with Crippen LogP contribution >= 0.6 is 0 Å². The van der Waals surface area contributed by atoms with E-state index in [1.807, 2.05) is 56.1 Å². The van der Waals surface area contributed by atoms with Crippen molar-refractivity contribution in [3.63, 3.8) is 0 Å². The van der Waals surface area contributed by atoms with E-state index >= 15 is 0 Å². The number of imide groups is 1. The first kappa shape index (κ1) is 26.7. The molecular weight excluding hydrogens is 534 g/mol. The van der Waals surface area contributed by atoms with Crippen LogP contribution in [0.4, 0.5) is 10.5 Å². The van der Waals surface area contributed by atoms with E-state index in [1.54, 1.807) is 11.0 Å². The molecule has 3 fully saturated rings. The summed E-state index contributed by atoms with van der Waals surface area (Å²) < 4.78 is 7.74. The molecule has 2 aromatic carbocycles. The maximum absolute atomic E-state index is 13.5. The fraction of sp³-hybridized carbons (Fsp3) is 0.469. The molecule has 0 radical (unpaired) electrons. The standard InChI is InChI=1S/C32H35N5O5/c1-31(2,3)42-30(41)35-14-11-21(16-32(35)12-13-32)36-18-19(17-33-36)15-20-7-8-24-27-22(20)5-4-6-23(27)29(40)37(24)25-9-10-26(38)34-28(25)39/h4-8,17-18,21,25H,9-16H2,1-3H3,(H,34,38,39). The van der Waals surface area contributed by atoms with Gasteiger partial charge < -0.3 is 9.64 Å². The van der Waals surface area contributed by atoms with Gasteiger partial charge in [-0.1, -0.05) is 18.2 Å². The van der Waals surface area contributed by atoms with E-state index in [4.69, 9.17) is 9.84 Å². The zero-order chi connectivity index (χ0) is 29.4. The molecule has 218 valence electrons. The number of nitrogens with zero attached hydrogens (tertiary/aromatic N) is 4. The van der Waals surface area contributed by atoms with Gasteiger partial charge >= 0.3 is 6.09 Å². The van der Waals surface area contributed by atoms with Crippen molar-refractivity contribution in [2.24, 2.45) is 0 Å². The Bertz CT molecular complexity index is 1650. The summed E-state index contributed by atoms with van der Waals surface area (Å²) in [5.74, 6) is -0.939. The van der Waals surface area contributed by atoms with Gasteiger partial charge in [0.25, 0.3) is 5.91 Å². The number of likely N-dealkylation sites (tertiary alicyclic amines) is 1. The molecule has 2 unspecified atom stereocenters. The van der Waals surface area contributed by atoms with Gasteiger partial charge in [-0.2, -0.15) is 5.10 Å². The van der Waals surface area contributed by atoms with Crippen molar-refractivity contribution in [1.82, 2.24) is 20.0 Å². The Labute approximate surface area is 244 Å². The number of anilines is 1. The van der Waals surface area contributed by atoms with Crippen molar-refractivity contribution in [3.05, 3.63) is 59.4 Å². The molecule has 4 heterocycles. The van der Waals surface area contributed by atoms with Crippen LogP contribution in [0.1, 0.15) is 86.8 Å². The average molecular weight is 570 g/mol. The summed E-state index contributed by atoms with van der Waals surface area (Å²) in [5, 5.41) is 8.94. The van der Waals surface area contributed by atoms with E-state index in [0.29, 0.717) is 30.6 Å². The predicted molar refractivity (Wildman–Crippen MR) is 155 cm³/mol. The Balaban J connectivity index is 1.11. The molecule has 2 saturated heterocycles. The Kier molecular flexibility index (Phi) is 5.97. The highest BCUT2D eigenvalue weighted by Gasteiger charge is 2.54. The zero-order valence-corrected chi connectivity index (χ0v) is 24.2. The van der Waals surface area contributed by atoms with Crippen LogP contribution in [-0.2, 0) is 20.7 Å². The number of nitrogens with one attached hydrogen (secondary N) is 1. The highest BCUT2D eigenvalue weighted by atomic mass is 16.6. The minimum absolute atomic E-state index is 0.129. The molecule has 0 bridgehead atoms. The van der Waals surface area contributed by atoms with Crippen LogP contribution in [0.5, 0.6) is 0 Å². The van der Waals surface area contributed by atoms with Crippen molar-refractivity contribution in [1.29, 1.82) is 0 Å². The normalized spacial score (nSPS) is 23.1. The van der Waals surface area contributed by atoms with Crippen LogP contribution in [0.3, 0.4) is 0 Å². The number of carbonyl (C=O) groups is 4. The van der Waals surface area contributed by atoms with Crippen molar-refractivity contribution >= 4 is 40.3 Å². The monoisotopic (exact) mass is 569 g/mol. The molecule has 1 aliphatic carbocycles. The van der Waals surface area contributed by atoms with Gasteiger partial charge in [-0.25, -0.2) is 4.79 Å². The molecule has 3 aromatic rings. The van der Waals surface area contributed by atoms with Gasteiger partial charge in [-0.15, -0.1) is 0 Å². The molecule has 2 atom stereocenters. The second-order valence-electron chi connectivity index (χ2n) is 13.1. The van der Waals surface area contributed by atoms with Crippen molar-refractivity contribution in [3.8, 4) is 0 Å². The fourth-order valence-corrected chi connectivity index (χ4v) is 6.96. The minimum atomic E-state index is -0.702. The topological polar surface area (TPSA) is 114 Å². The Morgan fingerprint density at radius 1 is 1.12 bits per heavy atom. The van der Waals surface area contributed by atoms with Crippen LogP contribution in [-0.4, -0.2) is 62.2 Å². The summed E-state index contributed by atoms with van der Waals surface area (Å²) in [4.78, 5) is 54.2. The number of rotatable bonds is 4. The van der Waals surface area contributed by atoms with E-state index in [2.05, 4.69) is 16.2 Å². The van der Waals surface area contributed by atoms with Gasteiger partial charge in [0.2, 0.25) is 11.8 Å². The van der Waals surface area contributed by atoms with Crippen LogP contribution in [0.2, 0.25) is 0 Å². The summed E-state index contributed by atoms with van der Waals surface area (Å²) in [6.07, 6.45) is 8.63. The molecule has 1 aromatic heterocycles. The summed E-state index contributed by atoms with van der Waals surface area (Å²) in [5.41, 5.74) is 2.80. The second kappa shape index (κ2) is 9.40. The maximum Gasteiger partial charge on any atom is 0.410 e. The lowest BCUT2D eigenvalue weighted by Gasteiger charge is -2.40. The number of amides is 4. The number of ether oxygens (including phenoxy) is 1. The molecule has 3 aliphatic heterocycles. The lowest BCUT2D eigenvalue weighted by atomic mass is 9.95. The van der Waals surface area contributed by atoms with Gasteiger partial charge in [0.15, 0.2) is 0 Å². The molecule has 7 rings (SSSR count). The van der Waals surface area contributed by atoms with Crippen LogP contribution in [0.25, 0.3) is 10.8 Å².